The number of nitrogens with one attached hydrogen (secondary N) is 1. The van der Waals surface area contributed by atoms with Crippen molar-refractivity contribution in [1.29, 1.82) is 0 Å². The van der Waals surface area contributed by atoms with E-state index >= 15 is 0 Å². The van der Waals surface area contributed by atoms with Crippen molar-refractivity contribution in [1.82, 2.24) is 14.5 Å². The van der Waals surface area contributed by atoms with Crippen LogP contribution in [0.15, 0.2) is 21.7 Å². The molecule has 2 aromatic heterocycles. The summed E-state index contributed by atoms with van der Waals surface area (Å²) in [7, 11) is -1.93. The quantitative estimate of drug-likeness (QED) is 0.765. The zero-order valence-corrected chi connectivity index (χ0v) is 15.3. The first kappa shape index (κ1) is 18.0. The van der Waals surface area contributed by atoms with Crippen LogP contribution in [0.3, 0.4) is 0 Å². The molecule has 1 amide bonds. The van der Waals surface area contributed by atoms with Crippen LogP contribution in [0.1, 0.15) is 24.8 Å². The molecule has 0 spiro atoms. The monoisotopic (exact) mass is 374 g/mol. The highest BCUT2D eigenvalue weighted by Gasteiger charge is 2.21. The molecule has 0 aliphatic heterocycles. The number of carbonyl (C=O) groups is 1. The van der Waals surface area contributed by atoms with E-state index in [9.17, 15) is 13.2 Å². The van der Waals surface area contributed by atoms with Crippen molar-refractivity contribution in [2.45, 2.75) is 30.4 Å². The normalized spacial score (nSPS) is 11.8. The smallest absolute Gasteiger partial charge is 0.252 e. The first-order chi connectivity index (χ1) is 10.9. The fourth-order valence-corrected chi connectivity index (χ4v) is 4.88. The van der Waals surface area contributed by atoms with E-state index in [4.69, 9.17) is 0 Å². The molecule has 0 saturated heterocycles. The van der Waals surface area contributed by atoms with Gasteiger partial charge >= 0.3 is 0 Å². The summed E-state index contributed by atoms with van der Waals surface area (Å²) in [5, 5.41) is 13.5. The summed E-state index contributed by atoms with van der Waals surface area (Å²) in [5.74, 6) is -0.189. The summed E-state index contributed by atoms with van der Waals surface area (Å²) in [6.45, 7) is 2.25. The van der Waals surface area contributed by atoms with E-state index in [1.165, 1.54) is 34.0 Å². The molecular formula is C13H18N4O3S3. The molecular weight excluding hydrogens is 356 g/mol. The van der Waals surface area contributed by atoms with Crippen LogP contribution in [-0.4, -0.2) is 42.4 Å². The van der Waals surface area contributed by atoms with Crippen LogP contribution in [0.25, 0.3) is 0 Å². The summed E-state index contributed by atoms with van der Waals surface area (Å²) >= 11 is 2.53. The maximum Gasteiger partial charge on any atom is 0.252 e. The topological polar surface area (TPSA) is 92.3 Å². The van der Waals surface area contributed by atoms with Crippen LogP contribution in [0, 0.1) is 0 Å². The Morgan fingerprint density at radius 1 is 1.39 bits per heavy atom. The maximum atomic E-state index is 12.2. The molecule has 0 radical (unpaired) electrons. The summed E-state index contributed by atoms with van der Waals surface area (Å²) < 4.78 is 26.0. The van der Waals surface area contributed by atoms with Gasteiger partial charge in [0.25, 0.3) is 10.0 Å². The number of amides is 1. The molecule has 0 aliphatic rings. The predicted octanol–water partition coefficient (Wildman–Crippen LogP) is 2.20. The Morgan fingerprint density at radius 2 is 2.17 bits per heavy atom. The zero-order chi connectivity index (χ0) is 16.9. The van der Waals surface area contributed by atoms with Gasteiger partial charge < -0.3 is 5.32 Å². The number of sulfonamides is 1. The molecule has 2 heterocycles. The molecule has 0 unspecified atom stereocenters. The minimum atomic E-state index is -3.45. The molecule has 10 heteroatoms. The Bertz CT molecular complexity index is 740. The van der Waals surface area contributed by atoms with Crippen LogP contribution in [0.5, 0.6) is 0 Å². The SMILES string of the molecule is CCc1nnc(NC(=O)CCCN(C)S(=O)(=O)c2cccs2)s1. The van der Waals surface area contributed by atoms with Gasteiger partial charge in [-0.05, 0) is 24.3 Å². The molecule has 7 nitrogen and oxygen atoms in total. The molecule has 0 aromatic carbocycles. The molecule has 2 rings (SSSR count). The standard InChI is InChI=1S/C13H18N4O3S3/c1-3-11-15-16-13(22-11)14-10(18)6-4-8-17(2)23(19,20)12-7-5-9-21-12/h5,7,9H,3-4,6,8H2,1-2H3,(H,14,16,18). The third-order valence-electron chi connectivity index (χ3n) is 3.05. The van der Waals surface area contributed by atoms with E-state index in [1.54, 1.807) is 17.5 Å². The Labute approximate surface area is 143 Å². The van der Waals surface area contributed by atoms with Gasteiger partial charge in [-0.15, -0.1) is 21.5 Å². The lowest BCUT2D eigenvalue weighted by atomic mass is 10.3. The second-order valence-electron chi connectivity index (χ2n) is 4.76. The Hall–Kier alpha value is -1.36. The maximum absolute atomic E-state index is 12.2. The van der Waals surface area contributed by atoms with E-state index in [1.807, 2.05) is 6.92 Å². The van der Waals surface area contributed by atoms with E-state index in [0.29, 0.717) is 15.8 Å². The van der Waals surface area contributed by atoms with Gasteiger partial charge in [-0.3, -0.25) is 4.79 Å². The number of aromatic nitrogens is 2. The van der Waals surface area contributed by atoms with Crippen molar-refractivity contribution in [2.24, 2.45) is 0 Å². The summed E-state index contributed by atoms with van der Waals surface area (Å²) in [5.41, 5.74) is 0. The third kappa shape index (κ3) is 4.80. The largest absolute Gasteiger partial charge is 0.301 e. The van der Waals surface area contributed by atoms with Gasteiger partial charge in [0.05, 0.1) is 0 Å². The average molecular weight is 375 g/mol. The highest BCUT2D eigenvalue weighted by atomic mass is 32.2. The molecule has 1 N–H and O–H groups in total. The van der Waals surface area contributed by atoms with Gasteiger partial charge in [0.2, 0.25) is 11.0 Å². The van der Waals surface area contributed by atoms with Gasteiger partial charge in [0.1, 0.15) is 9.22 Å². The Balaban J connectivity index is 1.79. The number of hydrogen-bond acceptors (Lipinski definition) is 7. The molecule has 0 fully saturated rings. The van der Waals surface area contributed by atoms with Gasteiger partial charge in [-0.25, -0.2) is 12.7 Å². The van der Waals surface area contributed by atoms with Crippen molar-refractivity contribution < 1.29 is 13.2 Å². The minimum absolute atomic E-state index is 0.189. The number of carbonyl (C=O) groups excluding carboxylic acids is 1. The van der Waals surface area contributed by atoms with Gasteiger partial charge in [-0.2, -0.15) is 0 Å². The average Bonchev–Trinajstić information content (AvgIpc) is 3.18. The van der Waals surface area contributed by atoms with Crippen molar-refractivity contribution >= 4 is 43.7 Å². The first-order valence-electron chi connectivity index (χ1n) is 7.05. The summed E-state index contributed by atoms with van der Waals surface area (Å²) in [6.07, 6.45) is 1.44. The number of rotatable bonds is 8. The third-order valence-corrected chi connectivity index (χ3v) is 7.27. The van der Waals surface area contributed by atoms with Crippen molar-refractivity contribution in [3.63, 3.8) is 0 Å². The summed E-state index contributed by atoms with van der Waals surface area (Å²) in [4.78, 5) is 11.8. The van der Waals surface area contributed by atoms with Crippen LogP contribution < -0.4 is 5.32 Å². The number of anilines is 1. The minimum Gasteiger partial charge on any atom is -0.301 e. The second-order valence-corrected chi connectivity index (χ2v) is 9.05. The second kappa shape index (κ2) is 7.95. The fraction of sp³-hybridized carbons (Fsp3) is 0.462. The number of aryl methyl sites for hydroxylation is 1. The lowest BCUT2D eigenvalue weighted by Crippen LogP contribution is -2.28. The highest BCUT2D eigenvalue weighted by Crippen LogP contribution is 2.20. The van der Waals surface area contributed by atoms with Gasteiger partial charge in [0, 0.05) is 20.0 Å². The lowest BCUT2D eigenvalue weighted by Gasteiger charge is -2.15. The number of thiophene rings is 1. The van der Waals surface area contributed by atoms with E-state index in [-0.39, 0.29) is 18.9 Å². The Kier molecular flexibility index (Phi) is 6.22. The van der Waals surface area contributed by atoms with Crippen LogP contribution >= 0.6 is 22.7 Å². The predicted molar refractivity (Wildman–Crippen MR) is 91.3 cm³/mol. The fourth-order valence-electron chi connectivity index (χ4n) is 1.78. The molecule has 126 valence electrons. The zero-order valence-electron chi connectivity index (χ0n) is 12.9. The van der Waals surface area contributed by atoms with Gasteiger partial charge in [-0.1, -0.05) is 24.3 Å². The van der Waals surface area contributed by atoms with E-state index < -0.39 is 10.0 Å². The van der Waals surface area contributed by atoms with Crippen LogP contribution in [0.4, 0.5) is 5.13 Å². The Morgan fingerprint density at radius 3 is 2.78 bits per heavy atom. The van der Waals surface area contributed by atoms with Crippen LogP contribution in [-0.2, 0) is 21.2 Å². The summed E-state index contributed by atoms with van der Waals surface area (Å²) in [6, 6.07) is 3.27. The van der Waals surface area contributed by atoms with E-state index in [2.05, 4.69) is 15.5 Å². The molecule has 0 bridgehead atoms. The first-order valence-corrected chi connectivity index (χ1v) is 10.2. The molecule has 23 heavy (non-hydrogen) atoms. The van der Waals surface area contributed by atoms with Crippen LogP contribution in [0.2, 0.25) is 0 Å². The lowest BCUT2D eigenvalue weighted by molar-refractivity contribution is -0.116. The van der Waals surface area contributed by atoms with Crippen molar-refractivity contribution in [3.8, 4) is 0 Å². The molecule has 0 aliphatic carbocycles. The number of nitrogens with zero attached hydrogens (tertiary/aromatic N) is 3. The molecule has 2 aromatic rings. The van der Waals surface area contributed by atoms with Gasteiger partial charge in [0.15, 0.2) is 0 Å². The van der Waals surface area contributed by atoms with E-state index in [0.717, 1.165) is 11.4 Å². The van der Waals surface area contributed by atoms with Crippen molar-refractivity contribution in [2.75, 3.05) is 18.9 Å². The van der Waals surface area contributed by atoms with Crippen molar-refractivity contribution in [3.05, 3.63) is 22.5 Å². The number of hydrogen-bond donors (Lipinski definition) is 1. The highest BCUT2D eigenvalue weighted by molar-refractivity contribution is 7.91. The molecule has 0 atom stereocenters. The molecule has 0 saturated carbocycles.